The van der Waals surface area contributed by atoms with Crippen LogP contribution in [0.15, 0.2) is 30.5 Å². The number of nitrogens with two attached hydrogens (primary N) is 1. The second-order valence-electron chi connectivity index (χ2n) is 4.46. The minimum Gasteiger partial charge on any atom is -0.491 e. The largest absolute Gasteiger partial charge is 0.491 e. The van der Waals surface area contributed by atoms with E-state index in [0.717, 1.165) is 16.9 Å². The number of nitrogen functional groups attached to an aromatic ring is 1. The summed E-state index contributed by atoms with van der Waals surface area (Å²) in [5.41, 5.74) is 7.58. The second-order valence-corrected chi connectivity index (χ2v) is 4.46. The first kappa shape index (κ1) is 12.4. The summed E-state index contributed by atoms with van der Waals surface area (Å²) >= 11 is 0. The molecule has 0 spiro atoms. The summed E-state index contributed by atoms with van der Waals surface area (Å²) in [6.45, 7) is 5.87. The minimum absolute atomic E-state index is 0.143. The molecule has 2 aromatic rings. The third-order valence-electron chi connectivity index (χ3n) is 2.47. The summed E-state index contributed by atoms with van der Waals surface area (Å²) in [6.07, 6.45) is 1.87. The molecule has 0 atom stereocenters. The Balaban J connectivity index is 2.35. The number of hydrogen-bond donors (Lipinski definition) is 1. The molecule has 1 aromatic heterocycles. The molecule has 0 saturated heterocycles. The highest BCUT2D eigenvalue weighted by Gasteiger charge is 2.05. The van der Waals surface area contributed by atoms with E-state index in [9.17, 15) is 0 Å². The Hall–Kier alpha value is -2.10. The summed E-state index contributed by atoms with van der Waals surface area (Å²) in [6, 6.07) is 7.70. The molecule has 2 N–H and O–H groups in total. The van der Waals surface area contributed by atoms with Crippen molar-refractivity contribution in [2.24, 2.45) is 0 Å². The molecule has 0 aliphatic carbocycles. The Morgan fingerprint density at radius 3 is 2.72 bits per heavy atom. The van der Waals surface area contributed by atoms with E-state index < -0.39 is 0 Å². The zero-order chi connectivity index (χ0) is 13.1. The normalized spacial score (nSPS) is 10.7. The van der Waals surface area contributed by atoms with E-state index in [0.29, 0.717) is 11.6 Å². The van der Waals surface area contributed by atoms with Crippen molar-refractivity contribution in [3.8, 4) is 17.1 Å². The first-order chi connectivity index (χ1) is 8.56. The molecule has 0 aliphatic heterocycles. The zero-order valence-corrected chi connectivity index (χ0v) is 10.8. The number of aromatic nitrogens is 2. The standard InChI is InChI=1S/C14H17N3O/c1-9(2)18-12-6-4-5-11(7-12)14-16-8-10(3)13(15)17-14/h4-9H,1-3H3,(H2,15,16,17). The van der Waals surface area contributed by atoms with Crippen LogP contribution in [-0.4, -0.2) is 16.1 Å². The summed E-state index contributed by atoms with van der Waals surface area (Å²) in [5.74, 6) is 1.94. The van der Waals surface area contributed by atoms with Crippen LogP contribution in [-0.2, 0) is 0 Å². The van der Waals surface area contributed by atoms with Crippen LogP contribution < -0.4 is 10.5 Å². The van der Waals surface area contributed by atoms with Gasteiger partial charge in [0.1, 0.15) is 11.6 Å². The van der Waals surface area contributed by atoms with Gasteiger partial charge in [0.15, 0.2) is 5.82 Å². The van der Waals surface area contributed by atoms with Gasteiger partial charge in [0.05, 0.1) is 6.10 Å². The maximum atomic E-state index is 5.79. The van der Waals surface area contributed by atoms with Gasteiger partial charge in [0, 0.05) is 17.3 Å². The van der Waals surface area contributed by atoms with Crippen LogP contribution in [0.4, 0.5) is 5.82 Å². The smallest absolute Gasteiger partial charge is 0.161 e. The SMILES string of the molecule is Cc1cnc(-c2cccc(OC(C)C)c2)nc1N. The van der Waals surface area contributed by atoms with Gasteiger partial charge < -0.3 is 10.5 Å². The van der Waals surface area contributed by atoms with Gasteiger partial charge in [-0.1, -0.05) is 12.1 Å². The van der Waals surface area contributed by atoms with E-state index >= 15 is 0 Å². The second kappa shape index (κ2) is 5.04. The quantitative estimate of drug-likeness (QED) is 0.900. The first-order valence-corrected chi connectivity index (χ1v) is 5.92. The molecular weight excluding hydrogens is 226 g/mol. The monoisotopic (exact) mass is 243 g/mol. The van der Waals surface area contributed by atoms with Crippen molar-refractivity contribution >= 4 is 5.82 Å². The zero-order valence-electron chi connectivity index (χ0n) is 10.8. The number of rotatable bonds is 3. The van der Waals surface area contributed by atoms with Crippen molar-refractivity contribution in [3.05, 3.63) is 36.0 Å². The number of aryl methyl sites for hydroxylation is 1. The van der Waals surface area contributed by atoms with Crippen molar-refractivity contribution in [1.82, 2.24) is 9.97 Å². The lowest BCUT2D eigenvalue weighted by Crippen LogP contribution is -2.05. The fraction of sp³-hybridized carbons (Fsp3) is 0.286. The molecule has 0 fully saturated rings. The van der Waals surface area contributed by atoms with Gasteiger partial charge in [-0.25, -0.2) is 9.97 Å². The summed E-state index contributed by atoms with van der Waals surface area (Å²) in [7, 11) is 0. The number of ether oxygens (including phenoxy) is 1. The lowest BCUT2D eigenvalue weighted by Gasteiger charge is -2.10. The molecule has 4 heteroatoms. The number of anilines is 1. The van der Waals surface area contributed by atoms with E-state index in [4.69, 9.17) is 10.5 Å². The lowest BCUT2D eigenvalue weighted by molar-refractivity contribution is 0.242. The maximum absolute atomic E-state index is 5.79. The molecule has 0 radical (unpaired) electrons. The number of hydrogen-bond acceptors (Lipinski definition) is 4. The fourth-order valence-electron chi connectivity index (χ4n) is 1.57. The van der Waals surface area contributed by atoms with Crippen LogP contribution in [0.5, 0.6) is 5.75 Å². The van der Waals surface area contributed by atoms with Gasteiger partial charge in [0.2, 0.25) is 0 Å². The van der Waals surface area contributed by atoms with E-state index in [1.54, 1.807) is 6.20 Å². The van der Waals surface area contributed by atoms with Gasteiger partial charge in [-0.15, -0.1) is 0 Å². The Labute approximate surface area is 107 Å². The summed E-state index contributed by atoms with van der Waals surface area (Å²) < 4.78 is 5.64. The van der Waals surface area contributed by atoms with Gasteiger partial charge in [0.25, 0.3) is 0 Å². The van der Waals surface area contributed by atoms with Crippen molar-refractivity contribution < 1.29 is 4.74 Å². The third kappa shape index (κ3) is 2.77. The topological polar surface area (TPSA) is 61.0 Å². The molecule has 0 saturated carbocycles. The van der Waals surface area contributed by atoms with Crippen LogP contribution in [0.3, 0.4) is 0 Å². The molecule has 0 bridgehead atoms. The number of nitrogens with zero attached hydrogens (tertiary/aromatic N) is 2. The van der Waals surface area contributed by atoms with Crippen molar-refractivity contribution in [3.63, 3.8) is 0 Å². The first-order valence-electron chi connectivity index (χ1n) is 5.92. The van der Waals surface area contributed by atoms with Crippen molar-refractivity contribution in [1.29, 1.82) is 0 Å². The van der Waals surface area contributed by atoms with Crippen molar-refractivity contribution in [2.75, 3.05) is 5.73 Å². The third-order valence-corrected chi connectivity index (χ3v) is 2.47. The number of benzene rings is 1. The van der Waals surface area contributed by atoms with Crippen LogP contribution in [0.25, 0.3) is 11.4 Å². The summed E-state index contributed by atoms with van der Waals surface area (Å²) in [5, 5.41) is 0. The van der Waals surface area contributed by atoms with Gasteiger partial charge in [-0.3, -0.25) is 0 Å². The van der Waals surface area contributed by atoms with Crippen LogP contribution in [0, 0.1) is 6.92 Å². The Morgan fingerprint density at radius 1 is 1.28 bits per heavy atom. The average Bonchev–Trinajstić information content (AvgIpc) is 2.32. The van der Waals surface area contributed by atoms with Crippen LogP contribution in [0.1, 0.15) is 19.4 Å². The Bertz CT molecular complexity index is 552. The summed E-state index contributed by atoms with van der Waals surface area (Å²) in [4.78, 5) is 8.56. The molecule has 2 rings (SSSR count). The molecule has 1 heterocycles. The molecular formula is C14H17N3O. The molecule has 0 unspecified atom stereocenters. The van der Waals surface area contributed by atoms with E-state index in [1.165, 1.54) is 0 Å². The van der Waals surface area contributed by atoms with E-state index in [2.05, 4.69) is 9.97 Å². The molecule has 0 amide bonds. The highest BCUT2D eigenvalue weighted by Crippen LogP contribution is 2.22. The van der Waals surface area contributed by atoms with Gasteiger partial charge in [-0.05, 0) is 32.9 Å². The van der Waals surface area contributed by atoms with E-state index in [-0.39, 0.29) is 6.10 Å². The highest BCUT2D eigenvalue weighted by atomic mass is 16.5. The maximum Gasteiger partial charge on any atom is 0.161 e. The average molecular weight is 243 g/mol. The molecule has 94 valence electrons. The molecule has 18 heavy (non-hydrogen) atoms. The highest BCUT2D eigenvalue weighted by molar-refractivity contribution is 5.59. The molecule has 1 aromatic carbocycles. The predicted octanol–water partition coefficient (Wildman–Crippen LogP) is 2.82. The minimum atomic E-state index is 0.143. The predicted molar refractivity (Wildman–Crippen MR) is 72.4 cm³/mol. The van der Waals surface area contributed by atoms with Gasteiger partial charge in [-0.2, -0.15) is 0 Å². The van der Waals surface area contributed by atoms with Crippen LogP contribution in [0.2, 0.25) is 0 Å². The molecule has 0 aliphatic rings. The van der Waals surface area contributed by atoms with Crippen LogP contribution >= 0.6 is 0 Å². The Kier molecular flexibility index (Phi) is 3.46. The lowest BCUT2D eigenvalue weighted by atomic mass is 10.2. The van der Waals surface area contributed by atoms with Gasteiger partial charge >= 0.3 is 0 Å². The fourth-order valence-corrected chi connectivity index (χ4v) is 1.57. The van der Waals surface area contributed by atoms with E-state index in [1.807, 2.05) is 45.0 Å². The Morgan fingerprint density at radius 2 is 2.06 bits per heavy atom. The van der Waals surface area contributed by atoms with Crippen molar-refractivity contribution in [2.45, 2.75) is 26.9 Å². The molecule has 4 nitrogen and oxygen atoms in total.